The number of carbonyl (C=O) groups is 3. The van der Waals surface area contributed by atoms with Gasteiger partial charge in [0.05, 0.1) is 13.0 Å². The van der Waals surface area contributed by atoms with Crippen LogP contribution in [0.3, 0.4) is 0 Å². The van der Waals surface area contributed by atoms with E-state index in [9.17, 15) is 19.5 Å². The first kappa shape index (κ1) is 11.1. The van der Waals surface area contributed by atoms with Crippen LogP contribution in [0.5, 0.6) is 5.75 Å². The van der Waals surface area contributed by atoms with Crippen molar-refractivity contribution in [3.63, 3.8) is 0 Å². The van der Waals surface area contributed by atoms with E-state index in [2.05, 4.69) is 0 Å². The Kier molecular flexibility index (Phi) is 2.55. The Hall–Kier alpha value is -2.37. The molecule has 0 aromatic heterocycles. The Balaban J connectivity index is 2.35. The maximum atomic E-state index is 11.4. The lowest BCUT2D eigenvalue weighted by Crippen LogP contribution is -2.24. The normalized spacial score (nSPS) is 15.4. The summed E-state index contributed by atoms with van der Waals surface area (Å²) in [7, 11) is 0. The van der Waals surface area contributed by atoms with Crippen molar-refractivity contribution in [2.75, 3.05) is 11.4 Å². The summed E-state index contributed by atoms with van der Waals surface area (Å²) >= 11 is 0. The summed E-state index contributed by atoms with van der Waals surface area (Å²) in [5.74, 6) is -2.23. The zero-order chi connectivity index (χ0) is 12.6. The molecule has 88 valence electrons. The van der Waals surface area contributed by atoms with Crippen LogP contribution in [0.15, 0.2) is 18.2 Å². The molecule has 6 nitrogen and oxygen atoms in total. The largest absolute Gasteiger partial charge is 0.507 e. The standard InChI is InChI=1S/C11H9NO5/c13-7-4-10(15)12(5-7)6-1-2-8(11(16)17)9(14)3-6/h1-3,14H,4-5H2,(H,16,17). The smallest absolute Gasteiger partial charge is 0.339 e. The van der Waals surface area contributed by atoms with E-state index in [1.807, 2.05) is 0 Å². The van der Waals surface area contributed by atoms with E-state index >= 15 is 0 Å². The molecule has 0 unspecified atom stereocenters. The number of carboxylic acids is 1. The van der Waals surface area contributed by atoms with Gasteiger partial charge in [0.25, 0.3) is 0 Å². The minimum atomic E-state index is -1.25. The van der Waals surface area contributed by atoms with E-state index in [1.54, 1.807) is 0 Å². The van der Waals surface area contributed by atoms with Crippen molar-refractivity contribution in [2.45, 2.75) is 6.42 Å². The summed E-state index contributed by atoms with van der Waals surface area (Å²) in [6.45, 7) is -0.0370. The van der Waals surface area contributed by atoms with Gasteiger partial charge in [0.15, 0.2) is 5.78 Å². The van der Waals surface area contributed by atoms with Crippen LogP contribution in [0.4, 0.5) is 5.69 Å². The van der Waals surface area contributed by atoms with Crippen LogP contribution >= 0.6 is 0 Å². The van der Waals surface area contributed by atoms with Crippen LogP contribution in [0.2, 0.25) is 0 Å². The van der Waals surface area contributed by atoms with Gasteiger partial charge in [-0.25, -0.2) is 4.79 Å². The predicted molar refractivity (Wildman–Crippen MR) is 57.0 cm³/mol. The lowest BCUT2D eigenvalue weighted by atomic mass is 10.1. The van der Waals surface area contributed by atoms with Crippen molar-refractivity contribution in [3.05, 3.63) is 23.8 Å². The lowest BCUT2D eigenvalue weighted by molar-refractivity contribution is -0.121. The molecule has 0 aliphatic carbocycles. The summed E-state index contributed by atoms with van der Waals surface area (Å²) in [5, 5.41) is 18.2. The molecule has 0 atom stereocenters. The summed E-state index contributed by atoms with van der Waals surface area (Å²) < 4.78 is 0. The highest BCUT2D eigenvalue weighted by Crippen LogP contribution is 2.26. The lowest BCUT2D eigenvalue weighted by Gasteiger charge is -2.15. The van der Waals surface area contributed by atoms with E-state index in [1.165, 1.54) is 23.1 Å². The van der Waals surface area contributed by atoms with Crippen molar-refractivity contribution in [2.24, 2.45) is 0 Å². The number of nitrogens with zero attached hydrogens (tertiary/aromatic N) is 1. The number of hydrogen-bond acceptors (Lipinski definition) is 4. The van der Waals surface area contributed by atoms with Crippen LogP contribution in [-0.4, -0.2) is 34.4 Å². The van der Waals surface area contributed by atoms with E-state index in [-0.39, 0.29) is 30.2 Å². The van der Waals surface area contributed by atoms with E-state index in [0.29, 0.717) is 5.69 Å². The highest BCUT2D eigenvalue weighted by atomic mass is 16.4. The molecule has 2 N–H and O–H groups in total. The van der Waals surface area contributed by atoms with Gasteiger partial charge in [0.2, 0.25) is 5.91 Å². The number of anilines is 1. The first-order valence-electron chi connectivity index (χ1n) is 4.87. The Labute approximate surface area is 96.1 Å². The molecule has 1 aliphatic rings. The van der Waals surface area contributed by atoms with E-state index < -0.39 is 11.7 Å². The minimum Gasteiger partial charge on any atom is -0.507 e. The summed E-state index contributed by atoms with van der Waals surface area (Å²) in [5.41, 5.74) is 0.0788. The van der Waals surface area contributed by atoms with Crippen LogP contribution in [0, 0.1) is 0 Å². The molecule has 0 spiro atoms. The molecule has 1 fully saturated rings. The second-order valence-electron chi connectivity index (χ2n) is 3.70. The number of aromatic hydroxyl groups is 1. The number of carbonyl (C=O) groups excluding carboxylic acids is 2. The fraction of sp³-hybridized carbons (Fsp3) is 0.182. The molecule has 0 bridgehead atoms. The monoisotopic (exact) mass is 235 g/mol. The van der Waals surface area contributed by atoms with Gasteiger partial charge in [0, 0.05) is 11.8 Å². The van der Waals surface area contributed by atoms with Crippen molar-refractivity contribution < 1.29 is 24.6 Å². The molecular formula is C11H9NO5. The average molecular weight is 235 g/mol. The SMILES string of the molecule is O=C1CC(=O)N(c2ccc(C(=O)O)c(O)c2)C1. The van der Waals surface area contributed by atoms with Gasteiger partial charge < -0.3 is 15.1 Å². The second-order valence-corrected chi connectivity index (χ2v) is 3.70. The van der Waals surface area contributed by atoms with Crippen molar-refractivity contribution in [1.29, 1.82) is 0 Å². The molecule has 17 heavy (non-hydrogen) atoms. The maximum absolute atomic E-state index is 11.4. The quantitative estimate of drug-likeness (QED) is 0.723. The third kappa shape index (κ3) is 1.96. The Bertz CT molecular complexity index is 523. The highest BCUT2D eigenvalue weighted by Gasteiger charge is 2.29. The first-order valence-corrected chi connectivity index (χ1v) is 4.87. The fourth-order valence-corrected chi connectivity index (χ4v) is 1.69. The van der Waals surface area contributed by atoms with Gasteiger partial charge in [-0.3, -0.25) is 9.59 Å². The van der Waals surface area contributed by atoms with Gasteiger partial charge in [-0.1, -0.05) is 0 Å². The summed E-state index contributed by atoms with van der Waals surface area (Å²) in [6, 6.07) is 3.75. The van der Waals surface area contributed by atoms with Gasteiger partial charge in [-0.15, -0.1) is 0 Å². The molecule has 1 aromatic rings. The Morgan fingerprint density at radius 1 is 1.29 bits per heavy atom. The van der Waals surface area contributed by atoms with E-state index in [0.717, 1.165) is 0 Å². The number of Topliss-reactive ketones (excluding diaryl/α,β-unsaturated/α-hetero) is 1. The van der Waals surface area contributed by atoms with Crippen LogP contribution in [0.1, 0.15) is 16.8 Å². The third-order valence-corrected chi connectivity index (χ3v) is 2.51. The number of amides is 1. The number of phenols is 1. The number of benzene rings is 1. The number of rotatable bonds is 2. The van der Waals surface area contributed by atoms with Crippen molar-refractivity contribution in [1.82, 2.24) is 0 Å². The topological polar surface area (TPSA) is 94.9 Å². The molecule has 1 heterocycles. The second kappa shape index (κ2) is 3.89. The highest BCUT2D eigenvalue weighted by molar-refractivity contribution is 6.15. The first-order chi connectivity index (χ1) is 7.99. The summed E-state index contributed by atoms with van der Waals surface area (Å²) in [4.78, 5) is 34.4. The number of carboxylic acid groups (broad SMARTS) is 1. The number of hydrogen-bond donors (Lipinski definition) is 2. The predicted octanol–water partition coefficient (Wildman–Crippen LogP) is 0.396. The molecule has 1 aromatic carbocycles. The Morgan fingerprint density at radius 2 is 2.00 bits per heavy atom. The Morgan fingerprint density at radius 3 is 2.47 bits per heavy atom. The molecule has 0 saturated carbocycles. The number of ketones is 1. The molecular weight excluding hydrogens is 226 g/mol. The molecule has 1 aliphatic heterocycles. The molecule has 0 radical (unpaired) electrons. The maximum Gasteiger partial charge on any atom is 0.339 e. The average Bonchev–Trinajstić information content (AvgIpc) is 2.57. The van der Waals surface area contributed by atoms with Crippen LogP contribution < -0.4 is 4.90 Å². The minimum absolute atomic E-state index is 0.0370. The molecule has 6 heteroatoms. The van der Waals surface area contributed by atoms with Crippen molar-refractivity contribution >= 4 is 23.3 Å². The fourth-order valence-electron chi connectivity index (χ4n) is 1.69. The van der Waals surface area contributed by atoms with Gasteiger partial charge in [-0.05, 0) is 12.1 Å². The van der Waals surface area contributed by atoms with Crippen LogP contribution in [-0.2, 0) is 9.59 Å². The zero-order valence-corrected chi connectivity index (χ0v) is 8.71. The number of aromatic carboxylic acids is 1. The van der Waals surface area contributed by atoms with Gasteiger partial charge in [-0.2, -0.15) is 0 Å². The van der Waals surface area contributed by atoms with E-state index in [4.69, 9.17) is 5.11 Å². The molecule has 1 saturated heterocycles. The van der Waals surface area contributed by atoms with Crippen molar-refractivity contribution in [3.8, 4) is 5.75 Å². The van der Waals surface area contributed by atoms with Gasteiger partial charge in [0.1, 0.15) is 11.3 Å². The summed E-state index contributed by atoms with van der Waals surface area (Å²) in [6.07, 6.45) is -0.151. The molecule has 2 rings (SSSR count). The third-order valence-electron chi connectivity index (χ3n) is 2.51. The van der Waals surface area contributed by atoms with Gasteiger partial charge >= 0.3 is 5.97 Å². The molecule has 1 amide bonds. The van der Waals surface area contributed by atoms with Crippen LogP contribution in [0.25, 0.3) is 0 Å². The zero-order valence-electron chi connectivity index (χ0n) is 8.71.